The molecule has 1 saturated heterocycles. The summed E-state index contributed by atoms with van der Waals surface area (Å²) in [6.07, 6.45) is 2.49. The van der Waals surface area contributed by atoms with E-state index in [-0.39, 0.29) is 0 Å². The fourth-order valence-corrected chi connectivity index (χ4v) is 2.34. The van der Waals surface area contributed by atoms with Crippen LogP contribution in [0.15, 0.2) is 24.3 Å². The first-order valence-electron chi connectivity index (χ1n) is 6.05. The van der Waals surface area contributed by atoms with Gasteiger partial charge in [0.25, 0.3) is 0 Å². The summed E-state index contributed by atoms with van der Waals surface area (Å²) in [6, 6.07) is 9.23. The van der Waals surface area contributed by atoms with Crippen LogP contribution in [-0.2, 0) is 6.42 Å². The van der Waals surface area contributed by atoms with Gasteiger partial charge in [0, 0.05) is 6.54 Å². The normalized spacial score (nSPS) is 21.1. The van der Waals surface area contributed by atoms with E-state index in [9.17, 15) is 0 Å². The summed E-state index contributed by atoms with van der Waals surface area (Å²) in [7, 11) is 0. The molecule has 0 aliphatic carbocycles. The lowest BCUT2D eigenvalue weighted by Crippen LogP contribution is -2.07. The second-order valence-corrected chi connectivity index (χ2v) is 5.03. The third kappa shape index (κ3) is 2.82. The van der Waals surface area contributed by atoms with Crippen molar-refractivity contribution >= 4 is 0 Å². The first-order chi connectivity index (χ1) is 7.25. The molecule has 1 unspecified atom stereocenters. The van der Waals surface area contributed by atoms with Crippen LogP contribution in [0.5, 0.6) is 0 Å². The Hall–Kier alpha value is -0.820. The highest BCUT2D eigenvalue weighted by atomic mass is 14.9. The Labute approximate surface area is 92.9 Å². The van der Waals surface area contributed by atoms with Crippen molar-refractivity contribution in [1.29, 1.82) is 0 Å². The average molecular weight is 203 g/mol. The predicted octanol–water partition coefficient (Wildman–Crippen LogP) is 2.96. The van der Waals surface area contributed by atoms with E-state index >= 15 is 0 Å². The van der Waals surface area contributed by atoms with E-state index in [1.54, 1.807) is 0 Å². The average Bonchev–Trinajstić information content (AvgIpc) is 2.71. The van der Waals surface area contributed by atoms with E-state index in [1.165, 1.54) is 30.5 Å². The number of hydrogen-bond donors (Lipinski definition) is 1. The van der Waals surface area contributed by atoms with Crippen molar-refractivity contribution in [2.24, 2.45) is 5.92 Å². The van der Waals surface area contributed by atoms with Crippen LogP contribution < -0.4 is 5.32 Å². The summed E-state index contributed by atoms with van der Waals surface area (Å²) >= 11 is 0. The second kappa shape index (κ2) is 4.80. The van der Waals surface area contributed by atoms with Gasteiger partial charge in [-0.1, -0.05) is 38.1 Å². The summed E-state index contributed by atoms with van der Waals surface area (Å²) in [4.78, 5) is 0. The summed E-state index contributed by atoms with van der Waals surface area (Å²) in [5, 5.41) is 3.42. The highest BCUT2D eigenvalue weighted by molar-refractivity contribution is 5.26. The van der Waals surface area contributed by atoms with Crippen molar-refractivity contribution in [3.05, 3.63) is 35.4 Å². The van der Waals surface area contributed by atoms with E-state index < -0.39 is 0 Å². The maximum atomic E-state index is 3.42. The van der Waals surface area contributed by atoms with Crippen LogP contribution in [0.25, 0.3) is 0 Å². The Morgan fingerprint density at radius 1 is 1.27 bits per heavy atom. The van der Waals surface area contributed by atoms with E-state index in [1.807, 2.05) is 0 Å². The Bertz CT molecular complexity index is 294. The second-order valence-electron chi connectivity index (χ2n) is 5.03. The Morgan fingerprint density at radius 3 is 2.53 bits per heavy atom. The molecule has 0 saturated carbocycles. The lowest BCUT2D eigenvalue weighted by Gasteiger charge is -2.10. The molecule has 15 heavy (non-hydrogen) atoms. The molecule has 0 amide bonds. The Balaban J connectivity index is 2.03. The largest absolute Gasteiger partial charge is 0.316 e. The third-order valence-electron chi connectivity index (χ3n) is 3.16. The van der Waals surface area contributed by atoms with E-state index in [0.29, 0.717) is 0 Å². The highest BCUT2D eigenvalue weighted by Crippen LogP contribution is 2.22. The molecule has 82 valence electrons. The van der Waals surface area contributed by atoms with Crippen LogP contribution in [0.1, 0.15) is 37.3 Å². The summed E-state index contributed by atoms with van der Waals surface area (Å²) in [6.45, 7) is 6.88. The smallest absolute Gasteiger partial charge is 0.00206 e. The SMILES string of the molecule is CC(C)Cc1ccc(C2CCNC2)cc1. The van der Waals surface area contributed by atoms with Gasteiger partial charge in [0.05, 0.1) is 0 Å². The molecule has 1 fully saturated rings. The van der Waals surface area contributed by atoms with Crippen LogP contribution in [0.2, 0.25) is 0 Å². The van der Waals surface area contributed by atoms with Gasteiger partial charge >= 0.3 is 0 Å². The van der Waals surface area contributed by atoms with Crippen molar-refractivity contribution in [3.8, 4) is 0 Å². The first kappa shape index (κ1) is 10.7. The van der Waals surface area contributed by atoms with Gasteiger partial charge in [-0.05, 0) is 42.3 Å². The molecule has 0 radical (unpaired) electrons. The van der Waals surface area contributed by atoms with Crippen LogP contribution in [0.3, 0.4) is 0 Å². The van der Waals surface area contributed by atoms with Crippen molar-refractivity contribution < 1.29 is 0 Å². The Morgan fingerprint density at radius 2 is 2.00 bits per heavy atom. The van der Waals surface area contributed by atoms with Gasteiger partial charge in [0.1, 0.15) is 0 Å². The summed E-state index contributed by atoms with van der Waals surface area (Å²) in [5.41, 5.74) is 2.98. The molecule has 0 aromatic heterocycles. The number of nitrogens with one attached hydrogen (secondary N) is 1. The molecule has 1 nitrogen and oxygen atoms in total. The molecule has 1 heterocycles. The van der Waals surface area contributed by atoms with Gasteiger partial charge in [-0.15, -0.1) is 0 Å². The minimum Gasteiger partial charge on any atom is -0.316 e. The molecular formula is C14H21N. The van der Waals surface area contributed by atoms with Crippen molar-refractivity contribution in [2.75, 3.05) is 13.1 Å². The van der Waals surface area contributed by atoms with Crippen LogP contribution >= 0.6 is 0 Å². The van der Waals surface area contributed by atoms with Crippen LogP contribution in [0.4, 0.5) is 0 Å². The number of hydrogen-bond acceptors (Lipinski definition) is 1. The van der Waals surface area contributed by atoms with Crippen LogP contribution in [0, 0.1) is 5.92 Å². The lowest BCUT2D eigenvalue weighted by atomic mass is 9.95. The van der Waals surface area contributed by atoms with E-state index in [2.05, 4.69) is 43.4 Å². The fourth-order valence-electron chi connectivity index (χ4n) is 2.34. The molecule has 1 atom stereocenters. The van der Waals surface area contributed by atoms with Gasteiger partial charge in [0.2, 0.25) is 0 Å². The zero-order valence-corrected chi connectivity index (χ0v) is 9.79. The predicted molar refractivity (Wildman–Crippen MR) is 65.2 cm³/mol. The molecule has 0 bridgehead atoms. The standard InChI is InChI=1S/C14H21N/c1-11(2)9-12-3-5-13(6-4-12)14-7-8-15-10-14/h3-6,11,14-15H,7-10H2,1-2H3. The van der Waals surface area contributed by atoms with E-state index in [4.69, 9.17) is 0 Å². The quantitative estimate of drug-likeness (QED) is 0.796. The van der Waals surface area contributed by atoms with Crippen molar-refractivity contribution in [2.45, 2.75) is 32.6 Å². The molecular weight excluding hydrogens is 182 g/mol. The van der Waals surface area contributed by atoms with Crippen molar-refractivity contribution in [1.82, 2.24) is 5.32 Å². The minimum atomic E-state index is 0.748. The monoisotopic (exact) mass is 203 g/mol. The molecule has 1 aromatic rings. The highest BCUT2D eigenvalue weighted by Gasteiger charge is 2.15. The first-order valence-corrected chi connectivity index (χ1v) is 6.05. The molecule has 0 spiro atoms. The Kier molecular flexibility index (Phi) is 3.42. The maximum absolute atomic E-state index is 3.42. The topological polar surface area (TPSA) is 12.0 Å². The summed E-state index contributed by atoms with van der Waals surface area (Å²) < 4.78 is 0. The zero-order chi connectivity index (χ0) is 10.7. The molecule has 1 aromatic carbocycles. The minimum absolute atomic E-state index is 0.748. The summed E-state index contributed by atoms with van der Waals surface area (Å²) in [5.74, 6) is 1.50. The fraction of sp³-hybridized carbons (Fsp3) is 0.571. The lowest BCUT2D eigenvalue weighted by molar-refractivity contribution is 0.646. The van der Waals surface area contributed by atoms with Crippen molar-refractivity contribution in [3.63, 3.8) is 0 Å². The maximum Gasteiger partial charge on any atom is 0.00206 e. The zero-order valence-electron chi connectivity index (χ0n) is 9.79. The van der Waals surface area contributed by atoms with Crippen LogP contribution in [-0.4, -0.2) is 13.1 Å². The van der Waals surface area contributed by atoms with Gasteiger partial charge in [-0.3, -0.25) is 0 Å². The molecule has 2 rings (SSSR count). The number of benzene rings is 1. The van der Waals surface area contributed by atoms with Gasteiger partial charge < -0.3 is 5.32 Å². The van der Waals surface area contributed by atoms with Gasteiger partial charge in [-0.25, -0.2) is 0 Å². The molecule has 1 heteroatoms. The van der Waals surface area contributed by atoms with Gasteiger partial charge in [0.15, 0.2) is 0 Å². The van der Waals surface area contributed by atoms with E-state index in [0.717, 1.165) is 18.4 Å². The molecule has 1 aliphatic rings. The molecule has 1 N–H and O–H groups in total. The number of rotatable bonds is 3. The third-order valence-corrected chi connectivity index (χ3v) is 3.16. The molecule has 1 aliphatic heterocycles. The van der Waals surface area contributed by atoms with Gasteiger partial charge in [-0.2, -0.15) is 0 Å².